The van der Waals surface area contributed by atoms with Crippen molar-refractivity contribution in [3.63, 3.8) is 0 Å². The standard InChI is InChI=1S/C23H27FN4O2/c24-19-9-7-17(8-10-19)15-30-16-22(29)25-11-3-4-12-28-13-18(14-28)23-26-20-5-1-2-6-21(20)27-23/h1-2,5-10,18H,3-4,11-16H2,(H,25,29)(H,26,27). The molecule has 3 aromatic rings. The Morgan fingerprint density at radius 3 is 2.77 bits per heavy atom. The van der Waals surface area contributed by atoms with Gasteiger partial charge >= 0.3 is 0 Å². The molecule has 0 radical (unpaired) electrons. The average Bonchev–Trinajstić information content (AvgIpc) is 3.14. The van der Waals surface area contributed by atoms with E-state index in [2.05, 4.69) is 26.3 Å². The Balaban J connectivity index is 1.04. The number of fused-ring (bicyclic) bond motifs is 1. The van der Waals surface area contributed by atoms with E-state index in [0.717, 1.165) is 54.9 Å². The fraction of sp³-hybridized carbons (Fsp3) is 0.391. The molecule has 0 unspecified atom stereocenters. The number of para-hydroxylation sites is 2. The average molecular weight is 410 g/mol. The highest BCUT2D eigenvalue weighted by molar-refractivity contribution is 5.77. The van der Waals surface area contributed by atoms with Gasteiger partial charge in [0.2, 0.25) is 5.91 Å². The van der Waals surface area contributed by atoms with Crippen molar-refractivity contribution >= 4 is 16.9 Å². The van der Waals surface area contributed by atoms with Crippen LogP contribution in [0.1, 0.15) is 30.1 Å². The number of amides is 1. The third kappa shape index (κ3) is 5.43. The normalized spacial score (nSPS) is 14.7. The van der Waals surface area contributed by atoms with Crippen LogP contribution in [0.5, 0.6) is 0 Å². The SMILES string of the molecule is O=C(COCc1ccc(F)cc1)NCCCCN1CC(c2nc3ccccc3[nH]2)C1. The van der Waals surface area contributed by atoms with Gasteiger partial charge in [-0.1, -0.05) is 24.3 Å². The minimum atomic E-state index is -0.278. The van der Waals surface area contributed by atoms with E-state index in [4.69, 9.17) is 4.74 Å². The van der Waals surface area contributed by atoms with E-state index in [1.165, 1.54) is 12.1 Å². The van der Waals surface area contributed by atoms with Crippen LogP contribution in [0.2, 0.25) is 0 Å². The number of nitrogens with zero attached hydrogens (tertiary/aromatic N) is 2. The summed E-state index contributed by atoms with van der Waals surface area (Å²) in [6, 6.07) is 14.2. The summed E-state index contributed by atoms with van der Waals surface area (Å²) in [6.07, 6.45) is 1.99. The maximum absolute atomic E-state index is 12.8. The first-order chi connectivity index (χ1) is 14.7. The molecule has 1 aromatic heterocycles. The van der Waals surface area contributed by atoms with Crippen molar-refractivity contribution in [3.05, 3.63) is 65.7 Å². The van der Waals surface area contributed by atoms with Gasteiger partial charge in [0.15, 0.2) is 0 Å². The van der Waals surface area contributed by atoms with Gasteiger partial charge in [0, 0.05) is 25.6 Å². The van der Waals surface area contributed by atoms with Gasteiger partial charge in [0.05, 0.1) is 17.6 Å². The van der Waals surface area contributed by atoms with Gasteiger partial charge in [-0.25, -0.2) is 9.37 Å². The third-order valence-corrected chi connectivity index (χ3v) is 5.39. The number of hydrogen-bond acceptors (Lipinski definition) is 4. The first-order valence-corrected chi connectivity index (χ1v) is 10.4. The van der Waals surface area contributed by atoms with E-state index in [9.17, 15) is 9.18 Å². The molecule has 2 aromatic carbocycles. The molecule has 0 aliphatic carbocycles. The molecule has 2 heterocycles. The molecule has 7 heteroatoms. The van der Waals surface area contributed by atoms with Gasteiger partial charge < -0.3 is 19.9 Å². The molecule has 4 rings (SSSR count). The van der Waals surface area contributed by atoms with Crippen LogP contribution in [0.15, 0.2) is 48.5 Å². The molecule has 0 atom stereocenters. The van der Waals surface area contributed by atoms with Gasteiger partial charge in [-0.3, -0.25) is 4.79 Å². The number of imidazole rings is 1. The number of aromatic amines is 1. The molecule has 1 aliphatic rings. The second-order valence-electron chi connectivity index (χ2n) is 7.77. The molecule has 0 bridgehead atoms. The van der Waals surface area contributed by atoms with E-state index in [1.54, 1.807) is 12.1 Å². The minimum absolute atomic E-state index is 0.0165. The maximum atomic E-state index is 12.8. The largest absolute Gasteiger partial charge is 0.367 e. The predicted molar refractivity (Wildman–Crippen MR) is 114 cm³/mol. The fourth-order valence-electron chi connectivity index (χ4n) is 3.67. The number of nitrogens with one attached hydrogen (secondary N) is 2. The van der Waals surface area contributed by atoms with Crippen LogP contribution in [0, 0.1) is 5.82 Å². The molecule has 1 saturated heterocycles. The topological polar surface area (TPSA) is 70.2 Å². The zero-order chi connectivity index (χ0) is 20.8. The molecular formula is C23H27FN4O2. The van der Waals surface area contributed by atoms with E-state index in [0.29, 0.717) is 19.1 Å². The van der Waals surface area contributed by atoms with E-state index in [-0.39, 0.29) is 18.3 Å². The summed E-state index contributed by atoms with van der Waals surface area (Å²) < 4.78 is 18.2. The predicted octanol–water partition coefficient (Wildman–Crippen LogP) is 3.21. The molecule has 1 aliphatic heterocycles. The van der Waals surface area contributed by atoms with E-state index < -0.39 is 0 Å². The molecule has 30 heavy (non-hydrogen) atoms. The summed E-state index contributed by atoms with van der Waals surface area (Å²) in [5, 5.41) is 2.88. The summed E-state index contributed by atoms with van der Waals surface area (Å²) in [5.41, 5.74) is 2.98. The maximum Gasteiger partial charge on any atom is 0.246 e. The van der Waals surface area contributed by atoms with Gasteiger partial charge in [-0.2, -0.15) is 0 Å². The lowest BCUT2D eigenvalue weighted by atomic mass is 9.99. The van der Waals surface area contributed by atoms with Crippen LogP contribution in [0.25, 0.3) is 11.0 Å². The van der Waals surface area contributed by atoms with Crippen LogP contribution in [-0.2, 0) is 16.1 Å². The Morgan fingerprint density at radius 1 is 1.17 bits per heavy atom. The molecule has 0 saturated carbocycles. The lowest BCUT2D eigenvalue weighted by Crippen LogP contribution is -2.45. The number of halogens is 1. The van der Waals surface area contributed by atoms with Crippen molar-refractivity contribution in [2.45, 2.75) is 25.4 Å². The Bertz CT molecular complexity index is 934. The van der Waals surface area contributed by atoms with Crippen molar-refractivity contribution in [1.82, 2.24) is 20.2 Å². The Kier molecular flexibility index (Phi) is 6.71. The summed E-state index contributed by atoms with van der Waals surface area (Å²) in [4.78, 5) is 22.3. The van der Waals surface area contributed by atoms with Crippen LogP contribution in [0.4, 0.5) is 4.39 Å². The summed E-state index contributed by atoms with van der Waals surface area (Å²) in [7, 11) is 0. The number of H-pyrrole nitrogens is 1. The lowest BCUT2D eigenvalue weighted by molar-refractivity contribution is -0.126. The van der Waals surface area contributed by atoms with Crippen molar-refractivity contribution in [2.75, 3.05) is 32.8 Å². The lowest BCUT2D eigenvalue weighted by Gasteiger charge is -2.38. The molecule has 0 spiro atoms. The minimum Gasteiger partial charge on any atom is -0.367 e. The van der Waals surface area contributed by atoms with E-state index in [1.807, 2.05) is 18.2 Å². The van der Waals surface area contributed by atoms with Gasteiger partial charge in [0.25, 0.3) is 0 Å². The summed E-state index contributed by atoms with van der Waals surface area (Å²) in [6.45, 7) is 4.07. The molecular weight excluding hydrogens is 383 g/mol. The van der Waals surface area contributed by atoms with Crippen LogP contribution >= 0.6 is 0 Å². The molecule has 2 N–H and O–H groups in total. The molecule has 158 valence electrons. The van der Waals surface area contributed by atoms with Crippen molar-refractivity contribution in [3.8, 4) is 0 Å². The summed E-state index contributed by atoms with van der Waals surface area (Å²) in [5.74, 6) is 1.17. The van der Waals surface area contributed by atoms with Crippen LogP contribution in [-0.4, -0.2) is 53.6 Å². The monoisotopic (exact) mass is 410 g/mol. The fourth-order valence-corrected chi connectivity index (χ4v) is 3.67. The number of carbonyl (C=O) groups is 1. The highest BCUT2D eigenvalue weighted by Gasteiger charge is 2.29. The Morgan fingerprint density at radius 2 is 1.97 bits per heavy atom. The quantitative estimate of drug-likeness (QED) is 0.504. The smallest absolute Gasteiger partial charge is 0.246 e. The van der Waals surface area contributed by atoms with Crippen molar-refractivity contribution in [1.29, 1.82) is 0 Å². The van der Waals surface area contributed by atoms with Crippen molar-refractivity contribution in [2.24, 2.45) is 0 Å². The van der Waals surface area contributed by atoms with Gasteiger partial charge in [-0.05, 0) is 49.2 Å². The van der Waals surface area contributed by atoms with E-state index >= 15 is 0 Å². The number of ether oxygens (including phenoxy) is 1. The number of hydrogen-bond donors (Lipinski definition) is 2. The number of rotatable bonds is 10. The Hall–Kier alpha value is -2.77. The second kappa shape index (κ2) is 9.82. The molecule has 1 amide bonds. The third-order valence-electron chi connectivity index (χ3n) is 5.39. The first kappa shape index (κ1) is 20.5. The zero-order valence-corrected chi connectivity index (χ0v) is 16.9. The van der Waals surface area contributed by atoms with Gasteiger partial charge in [-0.15, -0.1) is 0 Å². The number of benzene rings is 2. The van der Waals surface area contributed by atoms with Crippen LogP contribution in [0.3, 0.4) is 0 Å². The highest BCUT2D eigenvalue weighted by atomic mass is 19.1. The highest BCUT2D eigenvalue weighted by Crippen LogP contribution is 2.26. The van der Waals surface area contributed by atoms with Gasteiger partial charge in [0.1, 0.15) is 18.2 Å². The second-order valence-corrected chi connectivity index (χ2v) is 7.77. The number of likely N-dealkylation sites (tertiary alicyclic amines) is 1. The zero-order valence-electron chi connectivity index (χ0n) is 16.9. The molecule has 6 nitrogen and oxygen atoms in total. The number of unbranched alkanes of at least 4 members (excludes halogenated alkanes) is 1. The number of carbonyl (C=O) groups excluding carboxylic acids is 1. The number of aromatic nitrogens is 2. The summed E-state index contributed by atoms with van der Waals surface area (Å²) >= 11 is 0. The molecule has 1 fully saturated rings. The Labute approximate surface area is 175 Å². The van der Waals surface area contributed by atoms with Crippen molar-refractivity contribution < 1.29 is 13.9 Å². The first-order valence-electron chi connectivity index (χ1n) is 10.4. The van der Waals surface area contributed by atoms with Crippen LogP contribution < -0.4 is 5.32 Å².